The summed E-state index contributed by atoms with van der Waals surface area (Å²) < 4.78 is 5.58. The number of nitrogens with one attached hydrogen (secondary N) is 2. The number of carboxylic acids is 1. The Kier molecular flexibility index (Phi) is 7.15. The summed E-state index contributed by atoms with van der Waals surface area (Å²) in [5, 5.41) is 15.3. The molecule has 1 fully saturated rings. The molecule has 4 rings (SSSR count). The van der Waals surface area contributed by atoms with Crippen molar-refractivity contribution in [3.05, 3.63) is 59.7 Å². The van der Waals surface area contributed by atoms with Crippen molar-refractivity contribution >= 4 is 18.0 Å². The molecule has 35 heavy (non-hydrogen) atoms. The smallest absolute Gasteiger partial charge is 0.407 e. The van der Waals surface area contributed by atoms with Gasteiger partial charge in [-0.1, -0.05) is 62.4 Å². The normalized spacial score (nSPS) is 22.9. The van der Waals surface area contributed by atoms with E-state index in [-0.39, 0.29) is 18.4 Å². The molecule has 0 radical (unpaired) electrons. The van der Waals surface area contributed by atoms with Crippen LogP contribution >= 0.6 is 0 Å². The summed E-state index contributed by atoms with van der Waals surface area (Å²) in [7, 11) is 0. The Morgan fingerprint density at radius 3 is 2.09 bits per heavy atom. The molecule has 1 saturated carbocycles. The van der Waals surface area contributed by atoms with Crippen LogP contribution in [-0.4, -0.2) is 41.3 Å². The number of carbonyl (C=O) groups is 3. The molecule has 0 saturated heterocycles. The van der Waals surface area contributed by atoms with Crippen molar-refractivity contribution < 1.29 is 24.2 Å². The van der Waals surface area contributed by atoms with Gasteiger partial charge in [-0.05, 0) is 60.8 Å². The van der Waals surface area contributed by atoms with Gasteiger partial charge in [-0.25, -0.2) is 9.59 Å². The number of benzene rings is 2. The van der Waals surface area contributed by atoms with Crippen molar-refractivity contribution in [1.29, 1.82) is 0 Å². The van der Waals surface area contributed by atoms with E-state index in [1.807, 2.05) is 24.3 Å². The van der Waals surface area contributed by atoms with Gasteiger partial charge >= 0.3 is 12.1 Å². The molecular weight excluding hydrogens is 444 g/mol. The van der Waals surface area contributed by atoms with Gasteiger partial charge in [-0.3, -0.25) is 4.79 Å². The van der Waals surface area contributed by atoms with Crippen LogP contribution in [0.2, 0.25) is 0 Å². The van der Waals surface area contributed by atoms with Gasteiger partial charge in [0.1, 0.15) is 12.1 Å². The second-order valence-electron chi connectivity index (χ2n) is 10.1. The minimum Gasteiger partial charge on any atom is -0.480 e. The number of rotatable bonds is 7. The number of ether oxygens (including phenoxy) is 1. The van der Waals surface area contributed by atoms with Crippen molar-refractivity contribution in [3.8, 4) is 11.1 Å². The van der Waals surface area contributed by atoms with Gasteiger partial charge in [0.25, 0.3) is 0 Å². The summed E-state index contributed by atoms with van der Waals surface area (Å²) in [6.45, 7) is 5.69. The zero-order valence-electron chi connectivity index (χ0n) is 20.5. The fraction of sp³-hybridized carbons (Fsp3) is 0.464. The molecule has 2 aromatic rings. The molecule has 0 heterocycles. The van der Waals surface area contributed by atoms with Crippen LogP contribution in [0.3, 0.4) is 0 Å². The van der Waals surface area contributed by atoms with Crippen LogP contribution in [0, 0.1) is 11.8 Å². The monoisotopic (exact) mass is 478 g/mol. The van der Waals surface area contributed by atoms with Crippen molar-refractivity contribution in [3.63, 3.8) is 0 Å². The Labute approximate surface area is 206 Å². The van der Waals surface area contributed by atoms with Gasteiger partial charge in [0.15, 0.2) is 0 Å². The lowest BCUT2D eigenvalue weighted by Crippen LogP contribution is -2.58. The van der Waals surface area contributed by atoms with E-state index in [2.05, 4.69) is 41.8 Å². The fourth-order valence-corrected chi connectivity index (χ4v) is 5.17. The molecule has 7 heteroatoms. The molecule has 2 atom stereocenters. The first-order chi connectivity index (χ1) is 16.7. The first-order valence-electron chi connectivity index (χ1n) is 12.4. The van der Waals surface area contributed by atoms with Crippen molar-refractivity contribution in [2.75, 3.05) is 6.61 Å². The number of carboxylic acid groups (broad SMARTS) is 1. The van der Waals surface area contributed by atoms with Crippen LogP contribution in [0.15, 0.2) is 48.5 Å². The quantitative estimate of drug-likeness (QED) is 0.535. The van der Waals surface area contributed by atoms with Crippen LogP contribution in [0.4, 0.5) is 4.79 Å². The zero-order chi connectivity index (χ0) is 25.2. The molecule has 0 bridgehead atoms. The highest BCUT2D eigenvalue weighted by molar-refractivity contribution is 5.88. The maximum Gasteiger partial charge on any atom is 0.407 e. The summed E-state index contributed by atoms with van der Waals surface area (Å²) in [6, 6.07) is 15.7. The Morgan fingerprint density at radius 2 is 1.54 bits per heavy atom. The number of aliphatic carboxylic acids is 1. The van der Waals surface area contributed by atoms with E-state index in [0.717, 1.165) is 35.1 Å². The summed E-state index contributed by atoms with van der Waals surface area (Å²) in [5.74, 6) is -1.60. The van der Waals surface area contributed by atoms with E-state index in [0.29, 0.717) is 18.8 Å². The molecular formula is C28H34N2O5. The average molecular weight is 479 g/mol. The molecule has 2 aliphatic carbocycles. The Hall–Kier alpha value is -3.35. The summed E-state index contributed by atoms with van der Waals surface area (Å²) in [5.41, 5.74) is 3.33. The van der Waals surface area contributed by atoms with E-state index in [4.69, 9.17) is 4.74 Å². The van der Waals surface area contributed by atoms with E-state index >= 15 is 0 Å². The molecule has 186 valence electrons. The topological polar surface area (TPSA) is 105 Å². The van der Waals surface area contributed by atoms with Gasteiger partial charge in [0.2, 0.25) is 5.91 Å². The lowest BCUT2D eigenvalue weighted by Gasteiger charge is -2.37. The number of fused-ring (bicyclic) bond motifs is 3. The molecule has 2 unspecified atom stereocenters. The molecule has 2 aliphatic rings. The number of alkyl carbamates (subject to hydrolysis) is 1. The van der Waals surface area contributed by atoms with Crippen LogP contribution in [-0.2, 0) is 14.3 Å². The van der Waals surface area contributed by atoms with Crippen LogP contribution in [0.5, 0.6) is 0 Å². The lowest BCUT2D eigenvalue weighted by atomic mass is 9.76. The highest BCUT2D eigenvalue weighted by atomic mass is 16.5. The SMILES string of the molecule is CC1CCC(NC(=O)C(C)C(C)NC(=O)OCC2c3ccccc3-c3ccccc32)(C(=O)O)CC1. The molecule has 0 aliphatic heterocycles. The van der Waals surface area contributed by atoms with E-state index in [1.165, 1.54) is 0 Å². The second kappa shape index (κ2) is 10.1. The summed E-state index contributed by atoms with van der Waals surface area (Å²) >= 11 is 0. The minimum atomic E-state index is -1.23. The van der Waals surface area contributed by atoms with Crippen LogP contribution < -0.4 is 10.6 Å². The highest BCUT2D eigenvalue weighted by Crippen LogP contribution is 2.44. The van der Waals surface area contributed by atoms with Gasteiger partial charge in [-0.15, -0.1) is 0 Å². The lowest BCUT2D eigenvalue weighted by molar-refractivity contribution is -0.150. The van der Waals surface area contributed by atoms with Gasteiger partial charge in [0, 0.05) is 12.0 Å². The van der Waals surface area contributed by atoms with E-state index in [9.17, 15) is 19.5 Å². The molecule has 0 aromatic heterocycles. The Balaban J connectivity index is 1.34. The predicted molar refractivity (Wildman–Crippen MR) is 133 cm³/mol. The van der Waals surface area contributed by atoms with Gasteiger partial charge < -0.3 is 20.5 Å². The third-order valence-corrected chi connectivity index (χ3v) is 7.75. The van der Waals surface area contributed by atoms with Crippen molar-refractivity contribution in [1.82, 2.24) is 10.6 Å². The molecule has 3 N–H and O–H groups in total. The third-order valence-electron chi connectivity index (χ3n) is 7.75. The predicted octanol–water partition coefficient (Wildman–Crippen LogP) is 4.70. The second-order valence-corrected chi connectivity index (χ2v) is 10.1. The van der Waals surface area contributed by atoms with Crippen molar-refractivity contribution in [2.45, 2.75) is 64.0 Å². The minimum absolute atomic E-state index is 0.0479. The number of hydrogen-bond acceptors (Lipinski definition) is 4. The zero-order valence-corrected chi connectivity index (χ0v) is 20.5. The maximum atomic E-state index is 12.9. The maximum absolute atomic E-state index is 12.9. The van der Waals surface area contributed by atoms with Crippen molar-refractivity contribution in [2.24, 2.45) is 11.8 Å². The third kappa shape index (κ3) is 5.04. The summed E-state index contributed by atoms with van der Waals surface area (Å²) in [4.78, 5) is 37.5. The average Bonchev–Trinajstić information content (AvgIpc) is 3.17. The highest BCUT2D eigenvalue weighted by Gasteiger charge is 2.43. The summed E-state index contributed by atoms with van der Waals surface area (Å²) in [6.07, 6.45) is 1.74. The van der Waals surface area contributed by atoms with E-state index < -0.39 is 29.6 Å². The van der Waals surface area contributed by atoms with E-state index in [1.54, 1.807) is 13.8 Å². The number of hydrogen-bond donors (Lipinski definition) is 3. The molecule has 2 aromatic carbocycles. The molecule has 7 nitrogen and oxygen atoms in total. The largest absolute Gasteiger partial charge is 0.480 e. The molecule has 2 amide bonds. The fourth-order valence-electron chi connectivity index (χ4n) is 5.17. The molecule has 0 spiro atoms. The standard InChI is InChI=1S/C28H34N2O5/c1-17-12-14-28(15-13-17,26(32)33)30-25(31)18(2)19(3)29-27(34)35-16-24-22-10-6-4-8-20(22)21-9-5-7-11-23(21)24/h4-11,17-19,24H,12-16H2,1-3H3,(H,29,34)(H,30,31)(H,32,33). The first kappa shape index (κ1) is 24.8. The van der Waals surface area contributed by atoms with Gasteiger partial charge in [0.05, 0.1) is 5.92 Å². The Morgan fingerprint density at radius 1 is 1.00 bits per heavy atom. The number of carbonyl (C=O) groups excluding carboxylic acids is 2. The number of amides is 2. The van der Waals surface area contributed by atoms with Crippen LogP contribution in [0.25, 0.3) is 11.1 Å². The van der Waals surface area contributed by atoms with Gasteiger partial charge in [-0.2, -0.15) is 0 Å². The Bertz CT molecular complexity index is 1060. The first-order valence-corrected chi connectivity index (χ1v) is 12.4. The van der Waals surface area contributed by atoms with Crippen LogP contribution in [0.1, 0.15) is 63.5 Å².